The summed E-state index contributed by atoms with van der Waals surface area (Å²) >= 11 is 0. The van der Waals surface area contributed by atoms with E-state index in [1.165, 1.54) is 22.5 Å². The Kier molecular flexibility index (Phi) is 8.72. The first-order valence-electron chi connectivity index (χ1n) is 15.2. The zero-order valence-electron chi connectivity index (χ0n) is 24.6. The molecule has 2 fully saturated rings. The molecule has 4 heterocycles. The van der Waals surface area contributed by atoms with E-state index in [1.54, 1.807) is 4.90 Å². The third-order valence-corrected chi connectivity index (χ3v) is 8.96. The van der Waals surface area contributed by atoms with Crippen LogP contribution >= 0.6 is 0 Å². The van der Waals surface area contributed by atoms with Crippen LogP contribution in [0.25, 0.3) is 15.6 Å². The molecule has 1 amide bonds. The van der Waals surface area contributed by atoms with Crippen LogP contribution < -0.4 is 14.5 Å². The summed E-state index contributed by atoms with van der Waals surface area (Å²) in [5.41, 5.74) is 3.24. The molecule has 1 unspecified atom stereocenters. The van der Waals surface area contributed by atoms with Crippen molar-refractivity contribution in [3.63, 3.8) is 0 Å². The van der Waals surface area contributed by atoms with Crippen molar-refractivity contribution < 1.29 is 14.6 Å². The molecule has 2 saturated heterocycles. The molecule has 0 saturated carbocycles. The molecule has 1 aromatic heterocycles. The van der Waals surface area contributed by atoms with Gasteiger partial charge in [-0.05, 0) is 43.3 Å². The lowest BCUT2D eigenvalue weighted by Gasteiger charge is -2.41. The Labute approximate surface area is 253 Å². The number of anilines is 2. The van der Waals surface area contributed by atoms with Crippen LogP contribution in [0.5, 0.6) is 6.01 Å². The Hall–Kier alpha value is -4.20. The van der Waals surface area contributed by atoms with E-state index in [0.29, 0.717) is 45.3 Å². The van der Waals surface area contributed by atoms with E-state index >= 15 is 0 Å². The number of hydrogen-bond donors (Lipinski definition) is 1. The minimum Gasteiger partial charge on any atom is -0.462 e. The van der Waals surface area contributed by atoms with Gasteiger partial charge in [-0.3, -0.25) is 9.69 Å². The van der Waals surface area contributed by atoms with Gasteiger partial charge in [0.2, 0.25) is 12.5 Å². The number of amides is 1. The van der Waals surface area contributed by atoms with Crippen LogP contribution in [0.3, 0.4) is 0 Å². The van der Waals surface area contributed by atoms with Gasteiger partial charge in [-0.15, -0.1) is 0 Å². The third kappa shape index (κ3) is 6.01. The third-order valence-electron chi connectivity index (χ3n) is 8.96. The highest BCUT2D eigenvalue weighted by atomic mass is 16.5. The highest BCUT2D eigenvalue weighted by molar-refractivity contribution is 5.94. The average Bonchev–Trinajstić information content (AvgIpc) is 3.49. The first-order chi connectivity index (χ1) is 21.1. The van der Waals surface area contributed by atoms with Gasteiger partial charge in [0, 0.05) is 55.4 Å². The fraction of sp³-hybridized carbons (Fsp3) is 0.455. The van der Waals surface area contributed by atoms with Gasteiger partial charge in [-0.25, -0.2) is 6.57 Å². The van der Waals surface area contributed by atoms with Crippen molar-refractivity contribution in [3.05, 3.63) is 77.8 Å². The zero-order chi connectivity index (χ0) is 29.8. The molecular weight excluding hydrogens is 542 g/mol. The summed E-state index contributed by atoms with van der Waals surface area (Å²) in [6.45, 7) is 16.7. The van der Waals surface area contributed by atoms with Crippen molar-refractivity contribution in [1.82, 2.24) is 19.8 Å². The molecule has 6 rings (SSSR count). The largest absolute Gasteiger partial charge is 0.462 e. The number of aromatic nitrogens is 2. The number of fused-ring (bicyclic) bond motifs is 2. The van der Waals surface area contributed by atoms with Crippen LogP contribution in [-0.2, 0) is 17.8 Å². The summed E-state index contributed by atoms with van der Waals surface area (Å²) < 4.78 is 6.31. The molecule has 2 atom stereocenters. The molecule has 10 heteroatoms. The fourth-order valence-corrected chi connectivity index (χ4v) is 6.80. The zero-order valence-corrected chi connectivity index (χ0v) is 24.6. The summed E-state index contributed by atoms with van der Waals surface area (Å²) in [4.78, 5) is 34.7. The van der Waals surface area contributed by atoms with Crippen molar-refractivity contribution in [2.45, 2.75) is 37.9 Å². The summed E-state index contributed by atoms with van der Waals surface area (Å²) in [5, 5.41) is 11.9. The van der Waals surface area contributed by atoms with Gasteiger partial charge in [0.1, 0.15) is 18.5 Å². The number of nitrogens with zero attached hydrogens (tertiary/aromatic N) is 7. The molecule has 0 aliphatic carbocycles. The first kappa shape index (κ1) is 28.9. The van der Waals surface area contributed by atoms with Crippen LogP contribution in [0, 0.1) is 6.57 Å². The number of ether oxygens (including phenoxy) is 1. The summed E-state index contributed by atoms with van der Waals surface area (Å²) in [7, 11) is 0. The monoisotopic (exact) mass is 581 g/mol. The number of carbonyl (C=O) groups is 1. The van der Waals surface area contributed by atoms with Gasteiger partial charge in [-0.1, -0.05) is 43.0 Å². The Morgan fingerprint density at radius 3 is 2.79 bits per heavy atom. The normalized spacial score (nSPS) is 20.6. The van der Waals surface area contributed by atoms with E-state index in [9.17, 15) is 9.90 Å². The van der Waals surface area contributed by atoms with Gasteiger partial charge in [0.25, 0.3) is 0 Å². The summed E-state index contributed by atoms with van der Waals surface area (Å²) in [6, 6.07) is 15.2. The number of hydrogen-bond acceptors (Lipinski definition) is 8. The number of rotatable bonds is 9. The van der Waals surface area contributed by atoms with Crippen molar-refractivity contribution in [1.29, 1.82) is 0 Å². The number of aliphatic hydroxyl groups excluding tert-OH is 1. The molecule has 43 heavy (non-hydrogen) atoms. The lowest BCUT2D eigenvalue weighted by molar-refractivity contribution is -0.128. The second-order valence-corrected chi connectivity index (χ2v) is 11.5. The van der Waals surface area contributed by atoms with Gasteiger partial charge in [0.05, 0.1) is 18.8 Å². The standard InChI is InChI=1S/C33H39N7O3/c1-3-31(42)40-17-16-39(21-26(40)20-34-2)32-28-13-15-38(30-12-6-9-24-8-4-5-11-27(24)30)22-29(28)35-33(36-32)43-23-25-10-7-14-37(25)18-19-41/h3-6,8-9,11-12,25-26,41H,1,7,10,13-23H2/t25-,26?/m1/s1. The second-order valence-electron chi connectivity index (χ2n) is 11.5. The van der Waals surface area contributed by atoms with E-state index in [-0.39, 0.29) is 31.1 Å². The maximum absolute atomic E-state index is 12.5. The Bertz CT molecular complexity index is 1520. The van der Waals surface area contributed by atoms with Gasteiger partial charge < -0.3 is 29.4 Å². The molecule has 0 bridgehead atoms. The van der Waals surface area contributed by atoms with Crippen LogP contribution in [0.4, 0.5) is 11.5 Å². The molecule has 0 radical (unpaired) electrons. The molecule has 1 N–H and O–H groups in total. The minimum atomic E-state index is -0.243. The maximum atomic E-state index is 12.5. The lowest BCUT2D eigenvalue weighted by atomic mass is 10.0. The SMILES string of the molecule is [C-]#[N+]CC1CN(c2nc(OC[C@H]3CCCN3CCO)nc3c2CCN(c2cccc4ccccc24)C3)CCN1C(=O)C=C. The maximum Gasteiger partial charge on any atom is 0.318 e. The molecule has 3 aromatic rings. The van der Waals surface area contributed by atoms with Crippen molar-refractivity contribution in [2.24, 2.45) is 0 Å². The van der Waals surface area contributed by atoms with Crippen molar-refractivity contribution in [3.8, 4) is 6.01 Å². The highest BCUT2D eigenvalue weighted by Gasteiger charge is 2.35. The van der Waals surface area contributed by atoms with E-state index in [1.807, 2.05) is 0 Å². The Balaban J connectivity index is 1.32. The predicted molar refractivity (Wildman–Crippen MR) is 167 cm³/mol. The fourth-order valence-electron chi connectivity index (χ4n) is 6.80. The summed E-state index contributed by atoms with van der Waals surface area (Å²) in [5.74, 6) is 0.702. The molecule has 10 nitrogen and oxygen atoms in total. The molecule has 224 valence electrons. The topological polar surface area (TPSA) is 89.6 Å². The smallest absolute Gasteiger partial charge is 0.318 e. The number of β-amino-alcohol motifs (C(OH)–C–C–N with tert-alkyl or cyclic N) is 1. The number of piperazine rings is 1. The van der Waals surface area contributed by atoms with E-state index in [2.05, 4.69) is 68.6 Å². The number of aliphatic hydroxyl groups is 1. The Morgan fingerprint density at radius 1 is 1.09 bits per heavy atom. The number of benzene rings is 2. The minimum absolute atomic E-state index is 0.131. The number of likely N-dealkylation sites (tertiary alicyclic amines) is 1. The van der Waals surface area contributed by atoms with Crippen molar-refractivity contribution >= 4 is 28.2 Å². The van der Waals surface area contributed by atoms with Crippen LogP contribution in [0.1, 0.15) is 24.1 Å². The lowest BCUT2D eigenvalue weighted by Crippen LogP contribution is -2.56. The number of carbonyl (C=O) groups excluding carboxylic acids is 1. The van der Waals surface area contributed by atoms with Crippen LogP contribution in [0.15, 0.2) is 55.1 Å². The van der Waals surface area contributed by atoms with Gasteiger partial charge in [-0.2, -0.15) is 9.97 Å². The van der Waals surface area contributed by atoms with E-state index in [4.69, 9.17) is 21.3 Å². The van der Waals surface area contributed by atoms with Gasteiger partial charge in [0.15, 0.2) is 0 Å². The van der Waals surface area contributed by atoms with Gasteiger partial charge >= 0.3 is 6.01 Å². The van der Waals surface area contributed by atoms with E-state index in [0.717, 1.165) is 49.4 Å². The van der Waals surface area contributed by atoms with Crippen molar-refractivity contribution in [2.75, 3.05) is 68.8 Å². The van der Waals surface area contributed by atoms with Crippen LogP contribution in [-0.4, -0.2) is 102 Å². The molecule has 0 spiro atoms. The van der Waals surface area contributed by atoms with Crippen LogP contribution in [0.2, 0.25) is 0 Å². The first-order valence-corrected chi connectivity index (χ1v) is 15.2. The Morgan fingerprint density at radius 2 is 1.95 bits per heavy atom. The van der Waals surface area contributed by atoms with E-state index < -0.39 is 0 Å². The molecule has 2 aromatic carbocycles. The highest BCUT2D eigenvalue weighted by Crippen LogP contribution is 2.35. The molecule has 3 aliphatic heterocycles. The predicted octanol–water partition coefficient (Wildman–Crippen LogP) is 3.15. The molecular formula is C33H39N7O3. The quantitative estimate of drug-likeness (QED) is 0.305. The summed E-state index contributed by atoms with van der Waals surface area (Å²) in [6.07, 6.45) is 4.21. The molecule has 3 aliphatic rings. The average molecular weight is 582 g/mol. The second kappa shape index (κ2) is 13.0.